The number of aromatic nitrogens is 4. The van der Waals surface area contributed by atoms with Crippen LogP contribution in [0.2, 0.25) is 0 Å². The zero-order valence-electron chi connectivity index (χ0n) is 22.1. The quantitative estimate of drug-likeness (QED) is 0.237. The number of carbonyl (C=O) groups excluding carboxylic acids is 1. The summed E-state index contributed by atoms with van der Waals surface area (Å²) < 4.78 is 1.89. The second-order valence-corrected chi connectivity index (χ2v) is 11.2. The summed E-state index contributed by atoms with van der Waals surface area (Å²) in [5.74, 6) is 0.766. The van der Waals surface area contributed by atoms with Crippen molar-refractivity contribution in [3.05, 3.63) is 53.6 Å². The van der Waals surface area contributed by atoms with Gasteiger partial charge in [0.05, 0.1) is 17.7 Å². The SMILES string of the molecule is Cc1n[nH]c(C)c1-c1ccc(NC(=O)C(C(N)=NC(=N)c2ccnn2C2CCC2)C(C2CC2)C2CC2)cc1. The molecule has 1 unspecified atom stereocenters. The molecule has 3 aliphatic carbocycles. The van der Waals surface area contributed by atoms with Crippen molar-refractivity contribution in [1.29, 1.82) is 5.41 Å². The monoisotopic (exact) mass is 512 g/mol. The van der Waals surface area contributed by atoms with E-state index in [0.29, 0.717) is 23.6 Å². The van der Waals surface area contributed by atoms with Gasteiger partial charge in [-0.15, -0.1) is 0 Å². The average Bonchev–Trinajstić information content (AvgIpc) is 3.79. The maximum atomic E-state index is 13.8. The van der Waals surface area contributed by atoms with Gasteiger partial charge in [0.2, 0.25) is 5.91 Å². The summed E-state index contributed by atoms with van der Waals surface area (Å²) in [6.07, 6.45) is 9.53. The number of amidine groups is 2. The molecule has 3 fully saturated rings. The molecular formula is C29H36N8O. The number of benzene rings is 1. The zero-order chi connectivity index (χ0) is 26.4. The summed E-state index contributed by atoms with van der Waals surface area (Å²) in [6, 6.07) is 9.99. The number of aliphatic imine (C=N–C) groups is 1. The van der Waals surface area contributed by atoms with Gasteiger partial charge < -0.3 is 11.1 Å². The molecule has 38 heavy (non-hydrogen) atoms. The van der Waals surface area contributed by atoms with Crippen LogP contribution < -0.4 is 11.1 Å². The van der Waals surface area contributed by atoms with Crippen LogP contribution in [0, 0.1) is 42.9 Å². The molecule has 1 aromatic carbocycles. The standard InChI is InChI=1S/C29H36N8O/c1-16-24(17(2)36-35-16)18-10-12-21(13-11-18)33-29(38)26(25(19-6-7-19)20-8-9-20)28(31)34-27(30)23-14-15-32-37(23)22-4-3-5-22/h10-15,19-20,22,25-26H,3-9H2,1-2H3,(H,33,38)(H,35,36)(H3,30,31,34). The lowest BCUT2D eigenvalue weighted by molar-refractivity contribution is -0.119. The fourth-order valence-electron chi connectivity index (χ4n) is 5.99. The largest absolute Gasteiger partial charge is 0.386 e. The highest BCUT2D eigenvalue weighted by Crippen LogP contribution is 2.52. The second kappa shape index (κ2) is 9.85. The number of carbonyl (C=O) groups is 1. The molecule has 5 N–H and O–H groups in total. The van der Waals surface area contributed by atoms with Gasteiger partial charge in [-0.05, 0) is 100 Å². The summed E-state index contributed by atoms with van der Waals surface area (Å²) in [7, 11) is 0. The van der Waals surface area contributed by atoms with Gasteiger partial charge in [0, 0.05) is 23.1 Å². The Morgan fingerprint density at radius 2 is 1.79 bits per heavy atom. The minimum Gasteiger partial charge on any atom is -0.386 e. The van der Waals surface area contributed by atoms with E-state index in [1.54, 1.807) is 6.20 Å². The number of nitrogens with one attached hydrogen (secondary N) is 3. The van der Waals surface area contributed by atoms with Gasteiger partial charge in [-0.3, -0.25) is 20.0 Å². The lowest BCUT2D eigenvalue weighted by Crippen LogP contribution is -2.42. The lowest BCUT2D eigenvalue weighted by atomic mass is 9.82. The van der Waals surface area contributed by atoms with E-state index in [4.69, 9.17) is 11.1 Å². The summed E-state index contributed by atoms with van der Waals surface area (Å²) in [6.45, 7) is 3.98. The van der Waals surface area contributed by atoms with Crippen LogP contribution in [0.15, 0.2) is 41.5 Å². The Morgan fingerprint density at radius 3 is 2.34 bits per heavy atom. The molecule has 3 saturated carbocycles. The number of nitrogens with zero attached hydrogens (tertiary/aromatic N) is 4. The Hall–Kier alpha value is -3.75. The van der Waals surface area contributed by atoms with Crippen molar-refractivity contribution in [3.63, 3.8) is 0 Å². The Balaban J connectivity index is 1.25. The van der Waals surface area contributed by atoms with Gasteiger partial charge >= 0.3 is 0 Å². The third-order valence-corrected chi connectivity index (χ3v) is 8.46. The number of rotatable bonds is 9. The second-order valence-electron chi connectivity index (χ2n) is 11.2. The van der Waals surface area contributed by atoms with Crippen molar-refractivity contribution >= 4 is 23.3 Å². The molecule has 0 aliphatic heterocycles. The van der Waals surface area contributed by atoms with E-state index < -0.39 is 5.92 Å². The minimum atomic E-state index is -0.562. The summed E-state index contributed by atoms with van der Waals surface area (Å²) in [4.78, 5) is 18.3. The summed E-state index contributed by atoms with van der Waals surface area (Å²) in [5.41, 5.74) is 12.1. The number of hydrogen-bond acceptors (Lipinski definition) is 4. The molecule has 9 nitrogen and oxygen atoms in total. The molecule has 0 spiro atoms. The van der Waals surface area contributed by atoms with E-state index in [1.807, 2.05) is 48.9 Å². The third-order valence-electron chi connectivity index (χ3n) is 8.46. The topological polar surface area (TPSA) is 138 Å². The molecule has 2 heterocycles. The normalized spacial score (nSPS) is 18.9. The van der Waals surface area contributed by atoms with Gasteiger partial charge in [-0.2, -0.15) is 10.2 Å². The molecule has 3 aromatic rings. The van der Waals surface area contributed by atoms with Crippen molar-refractivity contribution in [1.82, 2.24) is 20.0 Å². The lowest BCUT2D eigenvalue weighted by Gasteiger charge is -2.28. The van der Waals surface area contributed by atoms with E-state index in [0.717, 1.165) is 66.7 Å². The van der Waals surface area contributed by atoms with Crippen molar-refractivity contribution in [2.24, 2.45) is 34.4 Å². The fraction of sp³-hybridized carbons (Fsp3) is 0.483. The first kappa shape index (κ1) is 24.6. The first-order valence-electron chi connectivity index (χ1n) is 13.8. The Labute approximate surface area is 222 Å². The van der Waals surface area contributed by atoms with Gasteiger partial charge in [0.1, 0.15) is 11.5 Å². The van der Waals surface area contributed by atoms with Crippen LogP contribution >= 0.6 is 0 Å². The molecule has 6 rings (SSSR count). The van der Waals surface area contributed by atoms with E-state index in [1.165, 1.54) is 6.42 Å². The molecule has 9 heteroatoms. The first-order valence-corrected chi connectivity index (χ1v) is 13.8. The molecule has 0 bridgehead atoms. The first-order chi connectivity index (χ1) is 18.4. The van der Waals surface area contributed by atoms with Crippen LogP contribution in [0.3, 0.4) is 0 Å². The van der Waals surface area contributed by atoms with Crippen molar-refractivity contribution in [3.8, 4) is 11.1 Å². The van der Waals surface area contributed by atoms with Crippen molar-refractivity contribution in [2.45, 2.75) is 64.8 Å². The minimum absolute atomic E-state index is 0.0743. The fourth-order valence-corrected chi connectivity index (χ4v) is 5.99. The average molecular weight is 513 g/mol. The van der Waals surface area contributed by atoms with Crippen LogP contribution in [0.4, 0.5) is 5.69 Å². The van der Waals surface area contributed by atoms with Crippen molar-refractivity contribution in [2.75, 3.05) is 5.32 Å². The van der Waals surface area contributed by atoms with Gasteiger partial charge in [0.15, 0.2) is 5.84 Å². The Kier molecular flexibility index (Phi) is 6.37. The Bertz CT molecular complexity index is 1340. The predicted molar refractivity (Wildman–Crippen MR) is 148 cm³/mol. The predicted octanol–water partition coefficient (Wildman–Crippen LogP) is 4.99. The third kappa shape index (κ3) is 4.77. The number of H-pyrrole nitrogens is 1. The highest BCUT2D eigenvalue weighted by atomic mass is 16.2. The van der Waals surface area contributed by atoms with E-state index in [2.05, 4.69) is 25.6 Å². The van der Waals surface area contributed by atoms with E-state index in [9.17, 15) is 4.79 Å². The van der Waals surface area contributed by atoms with Crippen molar-refractivity contribution < 1.29 is 4.79 Å². The molecule has 1 atom stereocenters. The number of aromatic amines is 1. The molecule has 198 valence electrons. The van der Waals surface area contributed by atoms with Crippen LogP contribution in [-0.4, -0.2) is 37.6 Å². The number of amides is 1. The van der Waals surface area contributed by atoms with Gasteiger partial charge in [-0.25, -0.2) is 4.99 Å². The number of aryl methyl sites for hydroxylation is 2. The molecule has 0 radical (unpaired) electrons. The molecule has 2 aromatic heterocycles. The van der Waals surface area contributed by atoms with Crippen LogP contribution in [0.1, 0.15) is 68.1 Å². The highest BCUT2D eigenvalue weighted by Gasteiger charge is 2.49. The Morgan fingerprint density at radius 1 is 1.11 bits per heavy atom. The maximum Gasteiger partial charge on any atom is 0.235 e. The van der Waals surface area contributed by atoms with Crippen LogP contribution in [-0.2, 0) is 4.79 Å². The molecule has 3 aliphatic rings. The van der Waals surface area contributed by atoms with E-state index >= 15 is 0 Å². The number of hydrogen-bond donors (Lipinski definition) is 4. The molecule has 1 amide bonds. The smallest absolute Gasteiger partial charge is 0.235 e. The van der Waals surface area contributed by atoms with Crippen LogP contribution in [0.25, 0.3) is 11.1 Å². The molecular weight excluding hydrogens is 476 g/mol. The van der Waals surface area contributed by atoms with Gasteiger partial charge in [-0.1, -0.05) is 12.1 Å². The number of nitrogens with two attached hydrogens (primary N) is 1. The summed E-state index contributed by atoms with van der Waals surface area (Å²) >= 11 is 0. The zero-order valence-corrected chi connectivity index (χ0v) is 22.1. The van der Waals surface area contributed by atoms with E-state index in [-0.39, 0.29) is 23.5 Å². The maximum absolute atomic E-state index is 13.8. The highest BCUT2D eigenvalue weighted by molar-refractivity contribution is 6.13. The molecule has 0 saturated heterocycles. The summed E-state index contributed by atoms with van der Waals surface area (Å²) in [5, 5.41) is 23.6. The van der Waals surface area contributed by atoms with Crippen LogP contribution in [0.5, 0.6) is 0 Å². The van der Waals surface area contributed by atoms with Gasteiger partial charge in [0.25, 0.3) is 0 Å². The number of anilines is 1.